The third kappa shape index (κ3) is 3.77. The van der Waals surface area contributed by atoms with E-state index in [4.69, 9.17) is 5.10 Å². The fraction of sp³-hybridized carbons (Fsp3) is 0.423. The van der Waals surface area contributed by atoms with Gasteiger partial charge in [-0.1, -0.05) is 50.2 Å². The second-order valence-corrected chi connectivity index (χ2v) is 12.2. The molecule has 168 valence electrons. The lowest BCUT2D eigenvalue weighted by Gasteiger charge is -2.41. The third-order valence-electron chi connectivity index (χ3n) is 6.77. The smallest absolute Gasteiger partial charge is 0.313 e. The van der Waals surface area contributed by atoms with Gasteiger partial charge in [0.15, 0.2) is 0 Å². The van der Waals surface area contributed by atoms with Crippen molar-refractivity contribution < 1.29 is 4.57 Å². The van der Waals surface area contributed by atoms with Crippen LogP contribution in [0.5, 0.6) is 0 Å². The number of anilines is 2. The number of fused-ring (bicyclic) bond motifs is 1. The van der Waals surface area contributed by atoms with E-state index in [9.17, 15) is 0 Å². The zero-order valence-corrected chi connectivity index (χ0v) is 20.2. The highest BCUT2D eigenvalue weighted by molar-refractivity contribution is 7.73. The number of rotatable bonds is 4. The number of aryl methyl sites for hydroxylation is 1. The average Bonchev–Trinajstić information content (AvgIpc) is 3.07. The summed E-state index contributed by atoms with van der Waals surface area (Å²) in [6, 6.07) is 18.0. The monoisotopic (exact) mass is 448 g/mol. The van der Waals surface area contributed by atoms with Crippen LogP contribution in [0.3, 0.4) is 0 Å². The fourth-order valence-electron chi connectivity index (χ4n) is 5.18. The van der Waals surface area contributed by atoms with Gasteiger partial charge in [-0.05, 0) is 68.2 Å². The fourth-order valence-corrected chi connectivity index (χ4v) is 7.89. The molecule has 6 heteroatoms. The second-order valence-electron chi connectivity index (χ2n) is 10.0. The molecule has 5 nitrogen and oxygen atoms in total. The van der Waals surface area contributed by atoms with Crippen molar-refractivity contribution in [1.82, 2.24) is 4.90 Å². The summed E-state index contributed by atoms with van der Waals surface area (Å²) >= 11 is 0. The van der Waals surface area contributed by atoms with Gasteiger partial charge in [-0.15, -0.1) is 0 Å². The molecule has 1 aliphatic carbocycles. The minimum absolute atomic E-state index is 0.0926. The maximum absolute atomic E-state index is 15.1. The number of likely N-dealkylation sites (tertiary alicyclic amines) is 1. The van der Waals surface area contributed by atoms with E-state index in [2.05, 4.69) is 36.8 Å². The van der Waals surface area contributed by atoms with Gasteiger partial charge in [0.25, 0.3) is 0 Å². The van der Waals surface area contributed by atoms with Crippen molar-refractivity contribution in [3.8, 4) is 0 Å². The molecule has 2 aromatic rings. The van der Waals surface area contributed by atoms with Gasteiger partial charge >= 0.3 is 7.44 Å². The Morgan fingerprint density at radius 3 is 2.34 bits per heavy atom. The van der Waals surface area contributed by atoms with Crippen LogP contribution in [0.4, 0.5) is 11.4 Å². The van der Waals surface area contributed by atoms with E-state index in [-0.39, 0.29) is 5.41 Å². The zero-order valence-electron chi connectivity index (χ0n) is 19.3. The predicted octanol–water partition coefficient (Wildman–Crippen LogP) is 6.99. The number of hydrazone groups is 1. The Labute approximate surface area is 191 Å². The number of allylic oxidation sites excluding steroid dienone is 2. The molecule has 5 rings (SSSR count). The van der Waals surface area contributed by atoms with Gasteiger partial charge < -0.3 is 9.99 Å². The first kappa shape index (κ1) is 21.3. The van der Waals surface area contributed by atoms with Gasteiger partial charge in [0.05, 0.1) is 16.7 Å². The van der Waals surface area contributed by atoms with Crippen molar-refractivity contribution in [2.75, 3.05) is 23.0 Å². The zero-order chi connectivity index (χ0) is 22.3. The van der Waals surface area contributed by atoms with Crippen LogP contribution in [0.15, 0.2) is 70.7 Å². The van der Waals surface area contributed by atoms with Crippen LogP contribution in [-0.4, -0.2) is 23.7 Å². The summed E-state index contributed by atoms with van der Waals surface area (Å²) in [5, 5.41) is 9.50. The van der Waals surface area contributed by atoms with Crippen molar-refractivity contribution in [3.05, 3.63) is 71.2 Å². The Kier molecular flexibility index (Phi) is 5.41. The summed E-state index contributed by atoms with van der Waals surface area (Å²) < 4.78 is 16.9. The number of para-hydroxylation sites is 2. The van der Waals surface area contributed by atoms with Crippen molar-refractivity contribution in [1.29, 1.82) is 0 Å². The number of piperidine rings is 1. The Balaban J connectivity index is 1.70. The molecule has 2 aliphatic heterocycles. The quantitative estimate of drug-likeness (QED) is 0.512. The molecule has 1 saturated heterocycles. The van der Waals surface area contributed by atoms with Gasteiger partial charge in [0.1, 0.15) is 0 Å². The molecule has 1 atom stereocenters. The van der Waals surface area contributed by atoms with E-state index < -0.39 is 7.44 Å². The molecule has 1 fully saturated rings. The summed E-state index contributed by atoms with van der Waals surface area (Å²) in [5.74, 6) is 0. The Morgan fingerprint density at radius 1 is 0.938 bits per heavy atom. The van der Waals surface area contributed by atoms with Crippen LogP contribution in [0, 0.1) is 12.3 Å². The maximum Gasteiger partial charge on any atom is 0.313 e. The van der Waals surface area contributed by atoms with Gasteiger partial charge in [-0.25, -0.2) is 0 Å². The number of nitrogens with zero attached hydrogens (tertiary/aromatic N) is 3. The molecule has 0 unspecified atom stereocenters. The molecule has 1 N–H and O–H groups in total. The maximum atomic E-state index is 15.1. The second kappa shape index (κ2) is 8.12. The van der Waals surface area contributed by atoms with E-state index in [1.54, 1.807) is 4.78 Å². The standard InChI is InChI=1S/C26H33N4OP/c1-20-12-8-9-15-22(20)28-32(31)25-23(27-30(32)21-13-6-4-7-14-21)18-26(2,3)19-24(25)29-16-10-5-11-17-29/h4,6-9,12-15H,5,10-11,16-19H2,1-3H3,(H,28,31)/t32-/m1/s1. The highest BCUT2D eigenvalue weighted by atomic mass is 31.2. The molecule has 3 aliphatic rings. The lowest BCUT2D eigenvalue weighted by atomic mass is 9.78. The molecule has 0 radical (unpaired) electrons. The highest BCUT2D eigenvalue weighted by Gasteiger charge is 2.50. The summed E-state index contributed by atoms with van der Waals surface area (Å²) in [7, 11) is -3.24. The van der Waals surface area contributed by atoms with Crippen LogP contribution in [0.25, 0.3) is 0 Å². The number of nitrogens with one attached hydrogen (secondary N) is 1. The molecule has 0 saturated carbocycles. The van der Waals surface area contributed by atoms with Gasteiger partial charge in [0, 0.05) is 24.5 Å². The Morgan fingerprint density at radius 2 is 1.62 bits per heavy atom. The van der Waals surface area contributed by atoms with E-state index in [1.807, 2.05) is 48.5 Å². The molecule has 0 bridgehead atoms. The molecule has 2 aromatic carbocycles. The molecule has 0 aromatic heterocycles. The van der Waals surface area contributed by atoms with E-state index in [0.717, 1.165) is 53.9 Å². The average molecular weight is 449 g/mol. The molecule has 2 heterocycles. The van der Waals surface area contributed by atoms with E-state index in [1.165, 1.54) is 25.0 Å². The lowest BCUT2D eigenvalue weighted by molar-refractivity contribution is 0.240. The van der Waals surface area contributed by atoms with Crippen molar-refractivity contribution in [2.45, 2.75) is 52.9 Å². The number of benzene rings is 2. The number of hydrogen-bond donors (Lipinski definition) is 1. The van der Waals surface area contributed by atoms with Crippen molar-refractivity contribution in [2.24, 2.45) is 10.5 Å². The first-order valence-electron chi connectivity index (χ1n) is 11.7. The van der Waals surface area contributed by atoms with E-state index >= 15 is 4.57 Å². The Hall–Kier alpha value is -2.52. The summed E-state index contributed by atoms with van der Waals surface area (Å²) in [4.78, 5) is 2.50. The molecule has 0 spiro atoms. The Bertz CT molecular complexity index is 1120. The topological polar surface area (TPSA) is 47.9 Å². The number of hydrogen-bond acceptors (Lipinski definition) is 3. The molecular weight excluding hydrogens is 415 g/mol. The van der Waals surface area contributed by atoms with Crippen LogP contribution in [0.2, 0.25) is 0 Å². The SMILES string of the molecule is Cc1ccccc1N[P@]1(=O)C2=C(N3CCCCC3)CC(C)(C)CC2=NN1c1ccccc1. The van der Waals surface area contributed by atoms with Crippen molar-refractivity contribution >= 4 is 24.5 Å². The third-order valence-corrected chi connectivity index (χ3v) is 9.29. The van der Waals surface area contributed by atoms with Gasteiger partial charge in [-0.3, -0.25) is 4.57 Å². The van der Waals surface area contributed by atoms with Crippen LogP contribution in [0.1, 0.15) is 51.5 Å². The van der Waals surface area contributed by atoms with Crippen molar-refractivity contribution in [3.63, 3.8) is 0 Å². The molecular formula is C26H33N4OP. The van der Waals surface area contributed by atoms with Crippen LogP contribution >= 0.6 is 7.44 Å². The summed E-state index contributed by atoms with van der Waals surface area (Å²) in [6.45, 7) is 8.75. The van der Waals surface area contributed by atoms with Crippen LogP contribution < -0.4 is 9.87 Å². The lowest BCUT2D eigenvalue weighted by Crippen LogP contribution is -2.36. The van der Waals surface area contributed by atoms with Crippen LogP contribution in [-0.2, 0) is 4.57 Å². The largest absolute Gasteiger partial charge is 0.374 e. The summed E-state index contributed by atoms with van der Waals surface area (Å²) in [6.07, 6.45) is 5.44. The van der Waals surface area contributed by atoms with E-state index in [0.29, 0.717) is 0 Å². The molecule has 0 amide bonds. The predicted molar refractivity (Wildman–Crippen MR) is 134 cm³/mol. The first-order chi connectivity index (χ1) is 15.4. The highest BCUT2D eigenvalue weighted by Crippen LogP contribution is 2.66. The van der Waals surface area contributed by atoms with Gasteiger partial charge in [-0.2, -0.15) is 9.88 Å². The molecule has 32 heavy (non-hydrogen) atoms. The minimum Gasteiger partial charge on any atom is -0.374 e. The minimum atomic E-state index is -3.24. The first-order valence-corrected chi connectivity index (χ1v) is 13.4. The summed E-state index contributed by atoms with van der Waals surface area (Å²) in [5.41, 5.74) is 5.17. The van der Waals surface area contributed by atoms with Gasteiger partial charge in [0.2, 0.25) is 0 Å². The normalized spacial score (nSPS) is 24.9.